The first kappa shape index (κ1) is 28.4. The van der Waals surface area contributed by atoms with E-state index in [4.69, 9.17) is 8.85 Å². The first-order valence-electron chi connectivity index (χ1n) is 15.2. The average molecular weight is 577 g/mol. The van der Waals surface area contributed by atoms with E-state index in [1.54, 1.807) is 0 Å². The van der Waals surface area contributed by atoms with Crippen LogP contribution in [-0.4, -0.2) is 29.8 Å². The molecule has 0 amide bonds. The first-order chi connectivity index (χ1) is 19.6. The van der Waals surface area contributed by atoms with Gasteiger partial charge in [0.25, 0.3) is 0 Å². The Hall–Kier alpha value is -2.77. The van der Waals surface area contributed by atoms with Gasteiger partial charge >= 0.3 is 0 Å². The van der Waals surface area contributed by atoms with Crippen LogP contribution in [0.4, 0.5) is 0 Å². The Morgan fingerprint density at radius 2 is 0.854 bits per heavy atom. The average Bonchev–Trinajstić information content (AvgIpc) is 3.46. The quantitative estimate of drug-likeness (QED) is 0.138. The van der Waals surface area contributed by atoms with Crippen LogP contribution in [0.5, 0.6) is 0 Å². The number of benzene rings is 4. The lowest BCUT2D eigenvalue weighted by Crippen LogP contribution is -2.43. The highest BCUT2D eigenvalue weighted by Gasteiger charge is 2.53. The molecule has 0 bridgehead atoms. The van der Waals surface area contributed by atoms with Gasteiger partial charge in [0.2, 0.25) is 0 Å². The van der Waals surface area contributed by atoms with Gasteiger partial charge < -0.3 is 8.85 Å². The second kappa shape index (κ2) is 10.8. The monoisotopic (exact) mass is 576 g/mol. The fourth-order valence-corrected chi connectivity index (χ4v) is 8.83. The normalized spacial score (nSPS) is 15.0. The first-order valence-corrected chi connectivity index (χ1v) is 22.1. The fourth-order valence-electron chi connectivity index (χ4n) is 7.37. The van der Waals surface area contributed by atoms with Crippen LogP contribution in [0.2, 0.25) is 39.3 Å². The Morgan fingerprint density at radius 1 is 0.512 bits per heavy atom. The standard InChI is InChI=1S/C37H44O2Si2/c1-40(2,3)38-25-15-24-37(26-39-41(4,5)6,35-31-20-11-7-16-27(31)28-17-8-12-21-32(28)35)36-33-22-13-9-18-29(33)30-19-10-14-23-34(30)36/h7-14,16-23,35-36H,15,24-26H2,1-6H3. The number of fused-ring (bicyclic) bond motifs is 6. The molecule has 0 aliphatic heterocycles. The van der Waals surface area contributed by atoms with Crippen molar-refractivity contribution in [2.75, 3.05) is 13.2 Å². The van der Waals surface area contributed by atoms with Gasteiger partial charge in [-0.15, -0.1) is 0 Å². The van der Waals surface area contributed by atoms with E-state index in [-0.39, 0.29) is 17.3 Å². The van der Waals surface area contributed by atoms with E-state index in [1.165, 1.54) is 44.5 Å². The van der Waals surface area contributed by atoms with Gasteiger partial charge in [0, 0.05) is 30.5 Å². The molecule has 0 saturated carbocycles. The minimum Gasteiger partial charge on any atom is -0.418 e. The highest BCUT2D eigenvalue weighted by atomic mass is 28.4. The molecule has 0 fully saturated rings. The predicted molar refractivity (Wildman–Crippen MR) is 178 cm³/mol. The summed E-state index contributed by atoms with van der Waals surface area (Å²) in [5, 5.41) is 0. The van der Waals surface area contributed by atoms with Gasteiger partial charge in [-0.2, -0.15) is 0 Å². The smallest absolute Gasteiger partial charge is 0.183 e. The SMILES string of the molecule is C[Si](C)(C)OCCCC(CO[Si](C)(C)C)(C1c2ccccc2-c2ccccc21)C1c2ccccc2-c2ccccc21. The Bertz CT molecular complexity index is 1360. The van der Waals surface area contributed by atoms with Crippen molar-refractivity contribution in [3.8, 4) is 22.3 Å². The van der Waals surface area contributed by atoms with Gasteiger partial charge in [-0.1, -0.05) is 97.1 Å². The van der Waals surface area contributed by atoms with Crippen molar-refractivity contribution >= 4 is 16.6 Å². The van der Waals surface area contributed by atoms with Gasteiger partial charge in [-0.25, -0.2) is 0 Å². The molecule has 0 saturated heterocycles. The zero-order chi connectivity index (χ0) is 28.8. The van der Waals surface area contributed by atoms with Crippen molar-refractivity contribution in [3.63, 3.8) is 0 Å². The third-order valence-corrected chi connectivity index (χ3v) is 11.0. The minimum atomic E-state index is -1.84. The highest BCUT2D eigenvalue weighted by Crippen LogP contribution is 2.64. The third-order valence-electron chi connectivity index (χ3n) is 8.91. The second-order valence-corrected chi connectivity index (χ2v) is 22.9. The van der Waals surface area contributed by atoms with Crippen LogP contribution in [0.3, 0.4) is 0 Å². The topological polar surface area (TPSA) is 18.5 Å². The summed E-state index contributed by atoms with van der Waals surface area (Å²) in [7, 11) is -3.46. The van der Waals surface area contributed by atoms with E-state index in [1.807, 2.05) is 0 Å². The van der Waals surface area contributed by atoms with E-state index in [0.29, 0.717) is 0 Å². The van der Waals surface area contributed by atoms with E-state index >= 15 is 0 Å². The van der Waals surface area contributed by atoms with Crippen molar-refractivity contribution in [3.05, 3.63) is 119 Å². The lowest BCUT2D eigenvalue weighted by Gasteiger charge is -2.47. The molecule has 212 valence electrons. The van der Waals surface area contributed by atoms with Gasteiger partial charge in [-0.05, 0) is 96.6 Å². The number of rotatable bonds is 10. The molecule has 4 aromatic rings. The van der Waals surface area contributed by atoms with Crippen molar-refractivity contribution < 1.29 is 8.85 Å². The largest absolute Gasteiger partial charge is 0.418 e. The second-order valence-electron chi connectivity index (χ2n) is 13.9. The summed E-state index contributed by atoms with van der Waals surface area (Å²) >= 11 is 0. The van der Waals surface area contributed by atoms with Gasteiger partial charge in [0.1, 0.15) is 0 Å². The maximum Gasteiger partial charge on any atom is 0.183 e. The van der Waals surface area contributed by atoms with Crippen LogP contribution in [0, 0.1) is 5.41 Å². The molecule has 4 heteroatoms. The summed E-state index contributed by atoms with van der Waals surface area (Å²) < 4.78 is 13.6. The third kappa shape index (κ3) is 5.32. The Balaban J connectivity index is 1.60. The molecule has 2 nitrogen and oxygen atoms in total. The Kier molecular flexibility index (Phi) is 7.48. The highest BCUT2D eigenvalue weighted by molar-refractivity contribution is 6.70. The van der Waals surface area contributed by atoms with Gasteiger partial charge in [0.15, 0.2) is 16.6 Å². The van der Waals surface area contributed by atoms with Crippen LogP contribution >= 0.6 is 0 Å². The Morgan fingerprint density at radius 3 is 1.20 bits per heavy atom. The van der Waals surface area contributed by atoms with Crippen LogP contribution in [0.25, 0.3) is 22.3 Å². The summed E-state index contributed by atoms with van der Waals surface area (Å²) in [6.45, 7) is 15.4. The molecule has 0 spiro atoms. The van der Waals surface area contributed by atoms with Gasteiger partial charge in [0.05, 0.1) is 0 Å². The molecule has 0 heterocycles. The zero-order valence-corrected chi connectivity index (χ0v) is 27.5. The molecule has 2 aliphatic carbocycles. The van der Waals surface area contributed by atoms with Crippen LogP contribution < -0.4 is 0 Å². The van der Waals surface area contributed by atoms with Crippen molar-refractivity contribution in [1.29, 1.82) is 0 Å². The fraction of sp³-hybridized carbons (Fsp3) is 0.351. The van der Waals surface area contributed by atoms with E-state index in [0.717, 1.165) is 26.1 Å². The molecule has 41 heavy (non-hydrogen) atoms. The number of hydrogen-bond acceptors (Lipinski definition) is 2. The summed E-state index contributed by atoms with van der Waals surface area (Å²) in [6.07, 6.45) is 2.05. The molecule has 0 unspecified atom stereocenters. The minimum absolute atomic E-state index is 0.186. The Labute approximate surface area is 249 Å². The zero-order valence-electron chi connectivity index (χ0n) is 25.5. The van der Waals surface area contributed by atoms with Crippen LogP contribution in [0.1, 0.15) is 46.9 Å². The molecule has 6 rings (SSSR count). The maximum absolute atomic E-state index is 7.08. The summed E-state index contributed by atoms with van der Waals surface area (Å²) in [6, 6.07) is 36.5. The molecule has 2 aliphatic rings. The maximum atomic E-state index is 7.08. The summed E-state index contributed by atoms with van der Waals surface area (Å²) in [4.78, 5) is 0. The van der Waals surface area contributed by atoms with Crippen LogP contribution in [0.15, 0.2) is 97.1 Å². The van der Waals surface area contributed by atoms with Gasteiger partial charge in [-0.3, -0.25) is 0 Å². The molecule has 0 N–H and O–H groups in total. The molecule has 0 aromatic heterocycles. The molecular weight excluding hydrogens is 533 g/mol. The summed E-state index contributed by atoms with van der Waals surface area (Å²) in [5.74, 6) is 0.449. The van der Waals surface area contributed by atoms with Crippen molar-refractivity contribution in [1.82, 2.24) is 0 Å². The number of hydrogen-bond donors (Lipinski definition) is 0. The lowest BCUT2D eigenvalue weighted by atomic mass is 9.59. The molecule has 0 radical (unpaired) electrons. The lowest BCUT2D eigenvalue weighted by molar-refractivity contribution is 0.0844. The van der Waals surface area contributed by atoms with E-state index < -0.39 is 16.6 Å². The molecule has 0 atom stereocenters. The van der Waals surface area contributed by atoms with Crippen molar-refractivity contribution in [2.24, 2.45) is 5.41 Å². The predicted octanol–water partition coefficient (Wildman–Crippen LogP) is 10.1. The molecular formula is C37H44O2Si2. The van der Waals surface area contributed by atoms with Crippen LogP contribution in [-0.2, 0) is 8.85 Å². The van der Waals surface area contributed by atoms with Crippen molar-refractivity contribution in [2.45, 2.75) is 64.0 Å². The molecule has 4 aromatic carbocycles. The van der Waals surface area contributed by atoms with E-state index in [2.05, 4.69) is 136 Å². The summed E-state index contributed by atoms with van der Waals surface area (Å²) in [5.41, 5.74) is 11.1. The van der Waals surface area contributed by atoms with E-state index in [9.17, 15) is 0 Å².